The van der Waals surface area contributed by atoms with Crippen LogP contribution in [-0.2, 0) is 21.4 Å². The van der Waals surface area contributed by atoms with Gasteiger partial charge in [0.2, 0.25) is 5.09 Å². The minimum Gasteiger partial charge on any atom is -0.453 e. The van der Waals surface area contributed by atoms with Crippen molar-refractivity contribution >= 4 is 37.5 Å². The summed E-state index contributed by atoms with van der Waals surface area (Å²) < 4.78 is 50.6. The molecule has 0 unspecified atom stereocenters. The lowest BCUT2D eigenvalue weighted by molar-refractivity contribution is 0.0446. The summed E-state index contributed by atoms with van der Waals surface area (Å²) in [6, 6.07) is 10.4. The Labute approximate surface area is 181 Å². The number of carbonyl (C=O) groups is 1. The number of nitrogens with zero attached hydrogens (tertiary/aromatic N) is 3. The summed E-state index contributed by atoms with van der Waals surface area (Å²) in [4.78, 5) is 13.6. The molecule has 0 radical (unpaired) electrons. The predicted octanol–water partition coefficient (Wildman–Crippen LogP) is 3.73. The first-order valence-electron chi connectivity index (χ1n) is 9.10. The minimum atomic E-state index is -3.70. The number of ether oxygens (including phenoxy) is 1. The first-order valence-corrected chi connectivity index (χ1v) is 11.4. The fourth-order valence-corrected chi connectivity index (χ4v) is 4.76. The zero-order valence-corrected chi connectivity index (χ0v) is 18.5. The maximum Gasteiger partial charge on any atom is 0.348 e. The number of aromatic nitrogens is 2. The summed E-state index contributed by atoms with van der Waals surface area (Å²) in [5.74, 6) is -0.706. The van der Waals surface area contributed by atoms with E-state index >= 15 is 0 Å². The maximum atomic E-state index is 13.2. The molecule has 0 atom stereocenters. The summed E-state index contributed by atoms with van der Waals surface area (Å²) in [7, 11) is -0.906. The molecular weight excluding hydrogens is 445 g/mol. The molecule has 0 aliphatic rings. The molecule has 4 rings (SSSR count). The van der Waals surface area contributed by atoms with E-state index in [0.717, 1.165) is 20.2 Å². The van der Waals surface area contributed by atoms with E-state index < -0.39 is 16.0 Å². The highest BCUT2D eigenvalue weighted by Gasteiger charge is 2.22. The average Bonchev–Trinajstić information content (AvgIpc) is 3.44. The Hall–Kier alpha value is -3.02. The summed E-state index contributed by atoms with van der Waals surface area (Å²) in [6.45, 7) is 1.61. The quantitative estimate of drug-likeness (QED) is 0.405. The molecule has 3 aromatic heterocycles. The number of rotatable bonds is 6. The van der Waals surface area contributed by atoms with Gasteiger partial charge in [0.25, 0.3) is 10.0 Å². The van der Waals surface area contributed by atoms with Crippen LogP contribution in [0.3, 0.4) is 0 Å². The molecule has 1 aromatic carbocycles. The molecule has 162 valence electrons. The zero-order valence-electron chi connectivity index (χ0n) is 16.8. The van der Waals surface area contributed by atoms with Crippen LogP contribution in [0.15, 0.2) is 52.0 Å². The van der Waals surface area contributed by atoms with Crippen molar-refractivity contribution in [1.29, 1.82) is 0 Å². The van der Waals surface area contributed by atoms with Gasteiger partial charge in [-0.1, -0.05) is 0 Å². The van der Waals surface area contributed by atoms with Crippen LogP contribution < -0.4 is 0 Å². The summed E-state index contributed by atoms with van der Waals surface area (Å²) in [5, 5.41) is 5.03. The van der Waals surface area contributed by atoms with Crippen LogP contribution in [-0.4, -0.2) is 42.6 Å². The molecule has 11 heteroatoms. The van der Waals surface area contributed by atoms with Crippen molar-refractivity contribution in [2.24, 2.45) is 0 Å². The molecular formula is C20H18FN3O5S2. The maximum absolute atomic E-state index is 13.2. The molecule has 0 aliphatic heterocycles. The lowest BCUT2D eigenvalue weighted by Crippen LogP contribution is -2.21. The molecule has 0 saturated heterocycles. The average molecular weight is 464 g/mol. The SMILES string of the molecule is Cc1nn(-c2ccc(F)cc2)c2sc(C(=O)OCc3ccc(S(=O)(=O)N(C)C)o3)cc12. The Kier molecular flexibility index (Phi) is 5.42. The summed E-state index contributed by atoms with van der Waals surface area (Å²) >= 11 is 1.20. The number of benzene rings is 1. The van der Waals surface area contributed by atoms with E-state index in [1.54, 1.807) is 22.9 Å². The Bertz CT molecular complexity index is 1370. The number of furan rings is 1. The first kappa shape index (κ1) is 21.2. The van der Waals surface area contributed by atoms with Gasteiger partial charge in [0, 0.05) is 19.5 Å². The number of hydrogen-bond acceptors (Lipinski definition) is 7. The monoisotopic (exact) mass is 463 g/mol. The molecule has 3 heterocycles. The van der Waals surface area contributed by atoms with Gasteiger partial charge in [-0.25, -0.2) is 26.6 Å². The van der Waals surface area contributed by atoms with Crippen molar-refractivity contribution in [3.63, 3.8) is 0 Å². The van der Waals surface area contributed by atoms with Crippen LogP contribution >= 0.6 is 11.3 Å². The van der Waals surface area contributed by atoms with Crippen LogP contribution in [0, 0.1) is 12.7 Å². The summed E-state index contributed by atoms with van der Waals surface area (Å²) in [5.41, 5.74) is 1.39. The second-order valence-electron chi connectivity index (χ2n) is 6.89. The van der Waals surface area contributed by atoms with E-state index in [-0.39, 0.29) is 23.3 Å². The first-order chi connectivity index (χ1) is 14.7. The van der Waals surface area contributed by atoms with Crippen LogP contribution in [0.25, 0.3) is 15.9 Å². The third kappa shape index (κ3) is 3.99. The fraction of sp³-hybridized carbons (Fsp3) is 0.200. The van der Waals surface area contributed by atoms with Crippen molar-refractivity contribution in [3.05, 3.63) is 64.6 Å². The van der Waals surface area contributed by atoms with Gasteiger partial charge < -0.3 is 9.15 Å². The molecule has 0 spiro atoms. The lowest BCUT2D eigenvalue weighted by atomic mass is 10.3. The number of esters is 1. The van der Waals surface area contributed by atoms with Crippen LogP contribution in [0.1, 0.15) is 21.1 Å². The molecule has 0 N–H and O–H groups in total. The standard InChI is InChI=1S/C20H18FN3O5S2/c1-12-16-10-17(30-19(16)24(22-12)14-6-4-13(21)5-7-14)20(25)28-11-15-8-9-18(29-15)31(26,27)23(2)3/h4-10H,11H2,1-3H3. The Balaban J connectivity index is 1.53. The van der Waals surface area contributed by atoms with Gasteiger partial charge >= 0.3 is 5.97 Å². The van der Waals surface area contributed by atoms with Gasteiger partial charge in [-0.05, 0) is 49.4 Å². The number of aryl methyl sites for hydroxylation is 1. The number of hydrogen-bond donors (Lipinski definition) is 0. The number of fused-ring (bicyclic) bond motifs is 1. The third-order valence-corrected chi connectivity index (χ3v) is 7.31. The van der Waals surface area contributed by atoms with Crippen LogP contribution in [0.5, 0.6) is 0 Å². The molecule has 0 saturated carbocycles. The molecule has 8 nitrogen and oxygen atoms in total. The molecule has 31 heavy (non-hydrogen) atoms. The second kappa shape index (κ2) is 7.91. The van der Waals surface area contributed by atoms with E-state index in [2.05, 4.69) is 5.10 Å². The minimum absolute atomic E-state index is 0.209. The lowest BCUT2D eigenvalue weighted by Gasteiger charge is -2.07. The zero-order chi connectivity index (χ0) is 22.3. The van der Waals surface area contributed by atoms with E-state index in [1.807, 2.05) is 6.92 Å². The highest BCUT2D eigenvalue weighted by molar-refractivity contribution is 7.88. The van der Waals surface area contributed by atoms with Gasteiger partial charge in [-0.3, -0.25) is 0 Å². The number of carbonyl (C=O) groups excluding carboxylic acids is 1. The Morgan fingerprint density at radius 3 is 2.61 bits per heavy atom. The van der Waals surface area contributed by atoms with Crippen LogP contribution in [0.4, 0.5) is 4.39 Å². The van der Waals surface area contributed by atoms with Crippen LogP contribution in [0.2, 0.25) is 0 Å². The number of halogens is 1. The Morgan fingerprint density at radius 2 is 1.94 bits per heavy atom. The number of sulfonamides is 1. The molecule has 0 bridgehead atoms. The molecule has 0 amide bonds. The van der Waals surface area contributed by atoms with E-state index in [1.165, 1.54) is 49.7 Å². The van der Waals surface area contributed by atoms with Gasteiger partial charge in [-0.2, -0.15) is 5.10 Å². The van der Waals surface area contributed by atoms with Gasteiger partial charge in [0.15, 0.2) is 0 Å². The van der Waals surface area contributed by atoms with Gasteiger partial charge in [0.1, 0.15) is 27.9 Å². The van der Waals surface area contributed by atoms with E-state index in [4.69, 9.17) is 9.15 Å². The molecule has 0 aliphatic carbocycles. The van der Waals surface area contributed by atoms with Crippen molar-refractivity contribution in [1.82, 2.24) is 14.1 Å². The molecule has 0 fully saturated rings. The van der Waals surface area contributed by atoms with E-state index in [9.17, 15) is 17.6 Å². The normalized spacial score (nSPS) is 12.0. The highest BCUT2D eigenvalue weighted by Crippen LogP contribution is 2.31. The third-order valence-electron chi connectivity index (χ3n) is 4.53. The summed E-state index contributed by atoms with van der Waals surface area (Å²) in [6.07, 6.45) is 0. The predicted molar refractivity (Wildman–Crippen MR) is 112 cm³/mol. The largest absolute Gasteiger partial charge is 0.453 e. The fourth-order valence-electron chi connectivity index (χ4n) is 2.87. The topological polar surface area (TPSA) is 94.6 Å². The van der Waals surface area contributed by atoms with Gasteiger partial charge in [0.05, 0.1) is 11.4 Å². The Morgan fingerprint density at radius 1 is 1.23 bits per heavy atom. The van der Waals surface area contributed by atoms with Crippen molar-refractivity contribution < 1.29 is 26.8 Å². The van der Waals surface area contributed by atoms with Crippen molar-refractivity contribution in [2.45, 2.75) is 18.6 Å². The smallest absolute Gasteiger partial charge is 0.348 e. The second-order valence-corrected chi connectivity index (χ2v) is 10.0. The van der Waals surface area contributed by atoms with Crippen molar-refractivity contribution in [3.8, 4) is 5.69 Å². The van der Waals surface area contributed by atoms with Gasteiger partial charge in [-0.15, -0.1) is 11.3 Å². The van der Waals surface area contributed by atoms with Crippen molar-refractivity contribution in [2.75, 3.05) is 14.1 Å². The molecule has 4 aromatic rings. The van der Waals surface area contributed by atoms with E-state index in [0.29, 0.717) is 10.6 Å². The number of thiophene rings is 1. The highest BCUT2D eigenvalue weighted by atomic mass is 32.2.